The summed E-state index contributed by atoms with van der Waals surface area (Å²) in [6.45, 7) is 1.72. The Kier molecular flexibility index (Phi) is 4.34. The van der Waals surface area contributed by atoms with Gasteiger partial charge in [0.25, 0.3) is 0 Å². The lowest BCUT2D eigenvalue weighted by molar-refractivity contribution is 0.260. The normalized spacial score (nSPS) is 19.6. The first-order valence-electron chi connectivity index (χ1n) is 6.11. The summed E-state index contributed by atoms with van der Waals surface area (Å²) in [5.74, 6) is 0.450. The number of nitrogens with zero attached hydrogens (tertiary/aromatic N) is 2. The van der Waals surface area contributed by atoms with Gasteiger partial charge in [-0.1, -0.05) is 6.42 Å². The maximum absolute atomic E-state index is 8.88. The molecule has 4 nitrogen and oxygen atoms in total. The van der Waals surface area contributed by atoms with Gasteiger partial charge in [0.1, 0.15) is 11.6 Å². The minimum atomic E-state index is 0.450. The summed E-state index contributed by atoms with van der Waals surface area (Å²) in [5, 5.41) is 12.4. The SMILES string of the molecule is N#Cc1cccnc1OCC[C@@H]1CCCCN1. The lowest BCUT2D eigenvalue weighted by atomic mass is 10.0. The number of piperidine rings is 1. The Bertz CT molecular complexity index is 394. The molecule has 0 radical (unpaired) electrons. The van der Waals surface area contributed by atoms with Crippen LogP contribution in [0.3, 0.4) is 0 Å². The summed E-state index contributed by atoms with van der Waals surface area (Å²) in [6, 6.07) is 6.10. The second-order valence-electron chi connectivity index (χ2n) is 4.25. The first kappa shape index (κ1) is 11.9. The van der Waals surface area contributed by atoms with Gasteiger partial charge in [-0.3, -0.25) is 0 Å². The average molecular weight is 231 g/mol. The van der Waals surface area contributed by atoms with Crippen molar-refractivity contribution in [2.24, 2.45) is 0 Å². The smallest absolute Gasteiger partial charge is 0.231 e. The van der Waals surface area contributed by atoms with Crippen LogP contribution in [0.15, 0.2) is 18.3 Å². The average Bonchev–Trinajstić information content (AvgIpc) is 2.40. The van der Waals surface area contributed by atoms with Crippen LogP contribution >= 0.6 is 0 Å². The van der Waals surface area contributed by atoms with Gasteiger partial charge in [-0.2, -0.15) is 5.26 Å². The molecule has 17 heavy (non-hydrogen) atoms. The number of pyridine rings is 1. The number of ether oxygens (including phenoxy) is 1. The molecule has 0 bridgehead atoms. The molecule has 0 saturated carbocycles. The summed E-state index contributed by atoms with van der Waals surface area (Å²) in [6.07, 6.45) is 6.41. The Hall–Kier alpha value is -1.60. The fourth-order valence-corrected chi connectivity index (χ4v) is 2.06. The van der Waals surface area contributed by atoms with Crippen LogP contribution < -0.4 is 10.1 Å². The molecule has 0 spiro atoms. The number of rotatable bonds is 4. The van der Waals surface area contributed by atoms with E-state index in [2.05, 4.69) is 16.4 Å². The third-order valence-corrected chi connectivity index (χ3v) is 3.01. The van der Waals surface area contributed by atoms with E-state index in [1.54, 1.807) is 18.3 Å². The molecule has 1 aliphatic heterocycles. The van der Waals surface area contributed by atoms with Crippen molar-refractivity contribution in [2.75, 3.05) is 13.2 Å². The van der Waals surface area contributed by atoms with Gasteiger partial charge in [0, 0.05) is 12.2 Å². The van der Waals surface area contributed by atoms with E-state index in [9.17, 15) is 0 Å². The molecule has 1 aromatic rings. The third-order valence-electron chi connectivity index (χ3n) is 3.01. The molecule has 1 aromatic heterocycles. The van der Waals surface area contributed by atoms with Crippen molar-refractivity contribution in [3.05, 3.63) is 23.9 Å². The van der Waals surface area contributed by atoms with Crippen molar-refractivity contribution >= 4 is 0 Å². The quantitative estimate of drug-likeness (QED) is 0.859. The third kappa shape index (κ3) is 3.43. The van der Waals surface area contributed by atoms with Crippen LogP contribution in [-0.2, 0) is 0 Å². The van der Waals surface area contributed by atoms with Crippen LogP contribution in [0.2, 0.25) is 0 Å². The van der Waals surface area contributed by atoms with Crippen molar-refractivity contribution < 1.29 is 4.74 Å². The Morgan fingerprint density at radius 2 is 2.47 bits per heavy atom. The first-order chi connectivity index (χ1) is 8.40. The van der Waals surface area contributed by atoms with Crippen molar-refractivity contribution in [2.45, 2.75) is 31.7 Å². The van der Waals surface area contributed by atoms with E-state index in [4.69, 9.17) is 10.00 Å². The lowest BCUT2D eigenvalue weighted by Gasteiger charge is -2.23. The van der Waals surface area contributed by atoms with E-state index >= 15 is 0 Å². The van der Waals surface area contributed by atoms with Crippen molar-refractivity contribution in [3.63, 3.8) is 0 Å². The molecule has 0 aromatic carbocycles. The fraction of sp³-hybridized carbons (Fsp3) is 0.538. The highest BCUT2D eigenvalue weighted by molar-refractivity contribution is 5.36. The molecule has 1 fully saturated rings. The van der Waals surface area contributed by atoms with Crippen molar-refractivity contribution in [1.29, 1.82) is 5.26 Å². The molecular formula is C13H17N3O. The molecule has 4 heteroatoms. The molecule has 0 aliphatic carbocycles. The number of nitrogens with one attached hydrogen (secondary N) is 1. The molecule has 0 unspecified atom stereocenters. The molecule has 1 N–H and O–H groups in total. The van der Waals surface area contributed by atoms with Gasteiger partial charge in [0.2, 0.25) is 5.88 Å². The minimum absolute atomic E-state index is 0.450. The van der Waals surface area contributed by atoms with Crippen LogP contribution in [0, 0.1) is 11.3 Å². The molecule has 2 rings (SSSR count). The molecule has 2 heterocycles. The largest absolute Gasteiger partial charge is 0.477 e. The van der Waals surface area contributed by atoms with Gasteiger partial charge in [-0.25, -0.2) is 4.98 Å². The van der Waals surface area contributed by atoms with Crippen LogP contribution in [0.4, 0.5) is 0 Å². The minimum Gasteiger partial charge on any atom is -0.477 e. The second kappa shape index (κ2) is 6.21. The zero-order valence-electron chi connectivity index (χ0n) is 9.85. The van der Waals surface area contributed by atoms with Crippen LogP contribution in [0.1, 0.15) is 31.2 Å². The van der Waals surface area contributed by atoms with Crippen LogP contribution in [0.25, 0.3) is 0 Å². The maximum Gasteiger partial charge on any atom is 0.231 e. The van der Waals surface area contributed by atoms with Gasteiger partial charge >= 0.3 is 0 Å². The molecule has 0 amide bonds. The molecule has 1 saturated heterocycles. The summed E-state index contributed by atoms with van der Waals surface area (Å²) < 4.78 is 5.56. The fourth-order valence-electron chi connectivity index (χ4n) is 2.06. The van der Waals surface area contributed by atoms with Crippen molar-refractivity contribution in [3.8, 4) is 11.9 Å². The summed E-state index contributed by atoms with van der Waals surface area (Å²) in [4.78, 5) is 4.07. The first-order valence-corrected chi connectivity index (χ1v) is 6.11. The standard InChI is InChI=1S/C13H17N3O/c14-10-11-4-3-8-16-13(11)17-9-6-12-5-1-2-7-15-12/h3-4,8,12,15H,1-2,5-7,9H2/t12-/m0/s1. The Balaban J connectivity index is 1.79. The monoisotopic (exact) mass is 231 g/mol. The zero-order chi connectivity index (χ0) is 11.9. The van der Waals surface area contributed by atoms with Crippen LogP contribution in [0.5, 0.6) is 5.88 Å². The highest BCUT2D eigenvalue weighted by Crippen LogP contribution is 2.14. The number of aromatic nitrogens is 1. The highest BCUT2D eigenvalue weighted by Gasteiger charge is 2.12. The lowest BCUT2D eigenvalue weighted by Crippen LogP contribution is -2.35. The predicted molar refractivity (Wildman–Crippen MR) is 64.7 cm³/mol. The van der Waals surface area contributed by atoms with Crippen molar-refractivity contribution in [1.82, 2.24) is 10.3 Å². The van der Waals surface area contributed by atoms with Gasteiger partial charge in [-0.15, -0.1) is 0 Å². The predicted octanol–water partition coefficient (Wildman–Crippen LogP) is 1.86. The molecular weight excluding hydrogens is 214 g/mol. The number of nitriles is 1. The van der Waals surface area contributed by atoms with Crippen LogP contribution in [-0.4, -0.2) is 24.2 Å². The van der Waals surface area contributed by atoms with E-state index in [1.807, 2.05) is 0 Å². The topological polar surface area (TPSA) is 57.9 Å². The van der Waals surface area contributed by atoms with E-state index in [0.29, 0.717) is 24.1 Å². The molecule has 1 atom stereocenters. The number of hydrogen-bond donors (Lipinski definition) is 1. The number of hydrogen-bond acceptors (Lipinski definition) is 4. The Morgan fingerprint density at radius 3 is 3.24 bits per heavy atom. The highest BCUT2D eigenvalue weighted by atomic mass is 16.5. The summed E-state index contributed by atoms with van der Waals surface area (Å²) >= 11 is 0. The van der Waals surface area contributed by atoms with Gasteiger partial charge in [-0.05, 0) is 37.9 Å². The summed E-state index contributed by atoms with van der Waals surface area (Å²) in [5.41, 5.74) is 0.504. The maximum atomic E-state index is 8.88. The molecule has 90 valence electrons. The Morgan fingerprint density at radius 1 is 1.53 bits per heavy atom. The van der Waals surface area contributed by atoms with E-state index < -0.39 is 0 Å². The van der Waals surface area contributed by atoms with E-state index in [0.717, 1.165) is 13.0 Å². The van der Waals surface area contributed by atoms with Gasteiger partial charge in [0.05, 0.1) is 6.61 Å². The van der Waals surface area contributed by atoms with Gasteiger partial charge in [0.15, 0.2) is 0 Å². The zero-order valence-corrected chi connectivity index (χ0v) is 9.85. The Labute approximate surface area is 102 Å². The second-order valence-corrected chi connectivity index (χ2v) is 4.25. The van der Waals surface area contributed by atoms with Gasteiger partial charge < -0.3 is 10.1 Å². The van der Waals surface area contributed by atoms with E-state index in [1.165, 1.54) is 19.3 Å². The van der Waals surface area contributed by atoms with E-state index in [-0.39, 0.29) is 0 Å². The summed E-state index contributed by atoms with van der Waals surface area (Å²) in [7, 11) is 0. The molecule has 1 aliphatic rings.